The first-order chi connectivity index (χ1) is 12.1. The van der Waals surface area contributed by atoms with E-state index in [2.05, 4.69) is 11.9 Å². The smallest absolute Gasteiger partial charge is 0.270 e. The van der Waals surface area contributed by atoms with Gasteiger partial charge in [-0.25, -0.2) is 0 Å². The van der Waals surface area contributed by atoms with Crippen LogP contribution >= 0.6 is 11.6 Å². The van der Waals surface area contributed by atoms with Crippen molar-refractivity contribution in [1.82, 2.24) is 14.5 Å². The van der Waals surface area contributed by atoms with Crippen molar-refractivity contribution in [2.45, 2.75) is 26.3 Å². The van der Waals surface area contributed by atoms with Crippen LogP contribution in [-0.2, 0) is 13.6 Å². The van der Waals surface area contributed by atoms with Crippen LogP contribution in [0.25, 0.3) is 10.9 Å². The van der Waals surface area contributed by atoms with Crippen LogP contribution in [0.4, 0.5) is 0 Å². The lowest BCUT2D eigenvalue weighted by Crippen LogP contribution is -2.32. The molecular weight excluding hydrogens is 334 g/mol. The maximum atomic E-state index is 13.2. The average Bonchev–Trinajstić information content (AvgIpc) is 2.97. The molecule has 0 radical (unpaired) electrons. The highest BCUT2D eigenvalue weighted by Crippen LogP contribution is 2.27. The molecule has 0 saturated heterocycles. The van der Waals surface area contributed by atoms with Crippen molar-refractivity contribution in [3.63, 3.8) is 0 Å². The summed E-state index contributed by atoms with van der Waals surface area (Å²) in [6.45, 7) is 3.44. The van der Waals surface area contributed by atoms with E-state index in [9.17, 15) is 4.79 Å². The number of nitrogens with zero attached hydrogens (tertiary/aromatic N) is 3. The number of carbonyl (C=O) groups is 1. The Labute approximate surface area is 153 Å². The zero-order chi connectivity index (χ0) is 17.8. The van der Waals surface area contributed by atoms with Gasteiger partial charge in [-0.05, 0) is 42.3 Å². The van der Waals surface area contributed by atoms with Crippen LogP contribution < -0.4 is 0 Å². The van der Waals surface area contributed by atoms with E-state index in [0.29, 0.717) is 17.3 Å². The summed E-state index contributed by atoms with van der Waals surface area (Å²) < 4.78 is 1.93. The number of fused-ring (bicyclic) bond motifs is 1. The predicted octanol–water partition coefficient (Wildman–Crippen LogP) is 4.67. The van der Waals surface area contributed by atoms with Crippen LogP contribution in [0.2, 0.25) is 5.02 Å². The van der Waals surface area contributed by atoms with Gasteiger partial charge in [-0.2, -0.15) is 0 Å². The molecule has 1 amide bonds. The molecule has 25 heavy (non-hydrogen) atoms. The van der Waals surface area contributed by atoms with Crippen molar-refractivity contribution in [3.05, 3.63) is 65.1 Å². The van der Waals surface area contributed by atoms with Crippen LogP contribution in [0.3, 0.4) is 0 Å². The SMILES string of the molecule is CCCCN(Cc1ccncc1)C(=O)c1cc2c(Cl)cccc2n1C. The minimum absolute atomic E-state index is 0.0278. The second kappa shape index (κ2) is 7.70. The first-order valence-electron chi connectivity index (χ1n) is 8.54. The van der Waals surface area contributed by atoms with Gasteiger partial charge >= 0.3 is 0 Å². The largest absolute Gasteiger partial charge is 0.340 e. The van der Waals surface area contributed by atoms with Gasteiger partial charge in [0.2, 0.25) is 0 Å². The normalized spacial score (nSPS) is 11.0. The summed E-state index contributed by atoms with van der Waals surface area (Å²) in [6, 6.07) is 11.5. The topological polar surface area (TPSA) is 38.1 Å². The molecule has 0 bridgehead atoms. The first-order valence-corrected chi connectivity index (χ1v) is 8.91. The highest BCUT2D eigenvalue weighted by molar-refractivity contribution is 6.35. The minimum Gasteiger partial charge on any atom is -0.340 e. The second-order valence-electron chi connectivity index (χ2n) is 6.20. The molecule has 2 aromatic heterocycles. The third-order valence-corrected chi connectivity index (χ3v) is 4.77. The summed E-state index contributed by atoms with van der Waals surface area (Å²) in [6.07, 6.45) is 5.53. The Hall–Kier alpha value is -2.33. The summed E-state index contributed by atoms with van der Waals surface area (Å²) in [5.41, 5.74) is 2.71. The summed E-state index contributed by atoms with van der Waals surface area (Å²) >= 11 is 6.29. The van der Waals surface area contributed by atoms with Crippen LogP contribution in [0.5, 0.6) is 0 Å². The standard InChI is InChI=1S/C20H22ClN3O/c1-3-4-12-24(14-15-8-10-22-11-9-15)20(25)19-13-16-17(21)6-5-7-18(16)23(19)2/h5-11,13H,3-4,12,14H2,1-2H3. The van der Waals surface area contributed by atoms with Gasteiger partial charge in [-0.1, -0.05) is 31.0 Å². The summed E-state index contributed by atoms with van der Waals surface area (Å²) in [5.74, 6) is 0.0278. The molecule has 3 rings (SSSR count). The molecule has 0 saturated carbocycles. The number of hydrogen-bond acceptors (Lipinski definition) is 2. The van der Waals surface area contributed by atoms with Crippen LogP contribution in [-0.4, -0.2) is 26.9 Å². The third-order valence-electron chi connectivity index (χ3n) is 4.44. The van der Waals surface area contributed by atoms with E-state index < -0.39 is 0 Å². The lowest BCUT2D eigenvalue weighted by Gasteiger charge is -2.23. The highest BCUT2D eigenvalue weighted by atomic mass is 35.5. The molecule has 0 unspecified atom stereocenters. The Morgan fingerprint density at radius 3 is 2.68 bits per heavy atom. The van der Waals surface area contributed by atoms with Gasteiger partial charge in [-0.15, -0.1) is 0 Å². The Balaban J connectivity index is 1.94. The van der Waals surface area contributed by atoms with E-state index >= 15 is 0 Å². The van der Waals surface area contributed by atoms with Gasteiger partial charge in [-0.3, -0.25) is 9.78 Å². The van der Waals surface area contributed by atoms with Crippen molar-refractivity contribution in [3.8, 4) is 0 Å². The molecule has 0 aliphatic heterocycles. The number of rotatable bonds is 6. The Kier molecular flexibility index (Phi) is 5.39. The van der Waals surface area contributed by atoms with E-state index in [4.69, 9.17) is 11.6 Å². The number of aromatic nitrogens is 2. The fraction of sp³-hybridized carbons (Fsp3) is 0.300. The lowest BCUT2D eigenvalue weighted by atomic mass is 10.2. The zero-order valence-corrected chi connectivity index (χ0v) is 15.3. The molecule has 0 aliphatic carbocycles. The zero-order valence-electron chi connectivity index (χ0n) is 14.6. The number of hydrogen-bond donors (Lipinski definition) is 0. The number of amides is 1. The number of halogens is 1. The van der Waals surface area contributed by atoms with Gasteiger partial charge in [0.25, 0.3) is 5.91 Å². The Bertz CT molecular complexity index is 873. The maximum Gasteiger partial charge on any atom is 0.270 e. The van der Waals surface area contributed by atoms with Gasteiger partial charge in [0.05, 0.1) is 0 Å². The predicted molar refractivity (Wildman–Crippen MR) is 102 cm³/mol. The lowest BCUT2D eigenvalue weighted by molar-refractivity contribution is 0.0731. The van der Waals surface area contributed by atoms with Crippen molar-refractivity contribution < 1.29 is 4.79 Å². The van der Waals surface area contributed by atoms with E-state index in [0.717, 1.165) is 35.9 Å². The molecule has 5 heteroatoms. The van der Waals surface area contributed by atoms with E-state index in [-0.39, 0.29) is 5.91 Å². The number of carbonyl (C=O) groups excluding carboxylic acids is 1. The molecule has 0 aliphatic rings. The molecule has 2 heterocycles. The highest BCUT2D eigenvalue weighted by Gasteiger charge is 2.20. The average molecular weight is 356 g/mol. The van der Waals surface area contributed by atoms with Crippen LogP contribution in [0.15, 0.2) is 48.8 Å². The molecule has 0 fully saturated rings. The van der Waals surface area contributed by atoms with E-state index in [1.807, 2.05) is 52.9 Å². The summed E-state index contributed by atoms with van der Waals surface area (Å²) in [7, 11) is 1.91. The number of aryl methyl sites for hydroxylation is 1. The third kappa shape index (κ3) is 3.69. The molecule has 3 aromatic rings. The van der Waals surface area contributed by atoms with Crippen LogP contribution in [0, 0.1) is 0 Å². The van der Waals surface area contributed by atoms with E-state index in [1.54, 1.807) is 12.4 Å². The molecule has 130 valence electrons. The summed E-state index contributed by atoms with van der Waals surface area (Å²) in [5, 5.41) is 1.58. The van der Waals surface area contributed by atoms with Crippen LogP contribution in [0.1, 0.15) is 35.8 Å². The molecule has 0 spiro atoms. The molecule has 4 nitrogen and oxygen atoms in total. The summed E-state index contributed by atoms with van der Waals surface area (Å²) in [4.78, 5) is 19.2. The Morgan fingerprint density at radius 1 is 1.24 bits per heavy atom. The molecular formula is C20H22ClN3O. The van der Waals surface area contributed by atoms with Gasteiger partial charge in [0.15, 0.2) is 0 Å². The molecule has 0 N–H and O–H groups in total. The minimum atomic E-state index is 0.0278. The quantitative estimate of drug-likeness (QED) is 0.644. The molecule has 1 aromatic carbocycles. The monoisotopic (exact) mass is 355 g/mol. The van der Waals surface area contributed by atoms with Crippen molar-refractivity contribution >= 4 is 28.4 Å². The van der Waals surface area contributed by atoms with Crippen molar-refractivity contribution in [2.75, 3.05) is 6.54 Å². The number of benzene rings is 1. The molecule has 0 atom stereocenters. The van der Waals surface area contributed by atoms with Gasteiger partial charge < -0.3 is 9.47 Å². The fourth-order valence-corrected chi connectivity index (χ4v) is 3.23. The van der Waals surface area contributed by atoms with E-state index in [1.165, 1.54) is 0 Å². The number of unbranched alkanes of at least 4 members (excludes halogenated alkanes) is 1. The van der Waals surface area contributed by atoms with Gasteiger partial charge in [0, 0.05) is 48.5 Å². The van der Waals surface area contributed by atoms with Crippen molar-refractivity contribution in [2.24, 2.45) is 7.05 Å². The maximum absolute atomic E-state index is 13.2. The van der Waals surface area contributed by atoms with Crippen molar-refractivity contribution in [1.29, 1.82) is 0 Å². The number of pyridine rings is 1. The first kappa shape index (κ1) is 17.5. The second-order valence-corrected chi connectivity index (χ2v) is 6.60. The fourth-order valence-electron chi connectivity index (χ4n) is 3.00. The Morgan fingerprint density at radius 2 is 2.00 bits per heavy atom. The van der Waals surface area contributed by atoms with Gasteiger partial charge in [0.1, 0.15) is 5.69 Å².